The molecule has 26 rings (SSSR count). The van der Waals surface area contributed by atoms with Crippen molar-refractivity contribution < 1.29 is 0 Å². The second-order valence-electron chi connectivity index (χ2n) is 38.6. The molecule has 23 aromatic rings. The molecule has 9 aromatic heterocycles. The number of fused-ring (bicyclic) bond motifs is 9. The van der Waals surface area contributed by atoms with Gasteiger partial charge in [0, 0.05) is 138 Å². The van der Waals surface area contributed by atoms with Gasteiger partial charge in [-0.05, 0) is 184 Å². The van der Waals surface area contributed by atoms with Gasteiger partial charge in [0.2, 0.25) is 0 Å². The van der Waals surface area contributed by atoms with Gasteiger partial charge in [0.05, 0.1) is 22.8 Å². The lowest BCUT2D eigenvalue weighted by molar-refractivity contribution is 0.660. The Hall–Kier alpha value is -19.0. The van der Waals surface area contributed by atoms with Gasteiger partial charge in [0.25, 0.3) is 0 Å². The zero-order valence-corrected chi connectivity index (χ0v) is 81.7. The molecule has 0 atom stereocenters. The zero-order chi connectivity index (χ0) is 99.1. The highest BCUT2D eigenvalue weighted by molar-refractivity contribution is 5.95. The number of hydrogen-bond acceptors (Lipinski definition) is 15. The Labute approximate surface area is 853 Å². The van der Waals surface area contributed by atoms with E-state index in [9.17, 15) is 0 Å². The molecule has 3 aliphatic rings. The van der Waals surface area contributed by atoms with Gasteiger partial charge in [0.15, 0.2) is 52.4 Å². The van der Waals surface area contributed by atoms with E-state index in [0.717, 1.165) is 140 Å². The standard InChI is InChI=1S/C52H37N5.2C40H29N5/c1-52(2)42-26-10-9-24-40(42)48-41(25-13-27-43(48)52)51-56-49(38-22-11-20-36(32-38)46-30-14-28-44(53-46)34-16-5-3-6-17-34)55-50(57-51)39-23-12-21-37(33-39)47-31-15-29-45(54-47)35-18-7-4-8-19-35;1-40(2)34-12-4-3-10-32(34)36-33(11-5-13-35(36)40)39-44-37(28-18-14-26(15-19-28)30-8-6-22-41-24-30)43-38(45-39)29-20-16-27(17-21-29)31-9-7-23-42-25-31;1-40(2)34-8-4-3-6-32(34)36-33(7-5-9-35(36)40)39-44-37(30-14-10-26(11-15-30)28-18-22-41-23-19-28)43-38(45-39)31-16-12-27(13-17-31)29-20-24-42-25-21-29/h3-33H,1-2H3;2*3-25H,1-2H3. The monoisotopic (exact) mass is 1890 g/mol. The van der Waals surface area contributed by atoms with Crippen LogP contribution in [0.25, 0.3) is 225 Å². The summed E-state index contributed by atoms with van der Waals surface area (Å²) in [6.07, 6.45) is 14.6. The second-order valence-corrected chi connectivity index (χ2v) is 38.6. The summed E-state index contributed by atoms with van der Waals surface area (Å²) in [6, 6.07) is 145. The highest BCUT2D eigenvalue weighted by atomic mass is 15.1. The summed E-state index contributed by atoms with van der Waals surface area (Å²) in [4.78, 5) is 73.3. The minimum absolute atomic E-state index is 0.119. The van der Waals surface area contributed by atoms with E-state index in [0.29, 0.717) is 52.4 Å². The molecule has 0 radical (unpaired) electrons. The Kier molecular flexibility index (Phi) is 23.7. The minimum Gasteiger partial charge on any atom is -0.265 e. The van der Waals surface area contributed by atoms with Crippen LogP contribution in [0.1, 0.15) is 74.9 Å². The lowest BCUT2D eigenvalue weighted by atomic mass is 9.82. The van der Waals surface area contributed by atoms with Crippen molar-refractivity contribution in [1.29, 1.82) is 0 Å². The minimum atomic E-state index is -0.161. The smallest absolute Gasteiger partial charge is 0.164 e. The molecule has 9 heterocycles. The maximum absolute atomic E-state index is 5.27. The highest BCUT2D eigenvalue weighted by Crippen LogP contribution is 2.56. The summed E-state index contributed by atoms with van der Waals surface area (Å²) in [5.74, 6) is 5.67. The highest BCUT2D eigenvalue weighted by Gasteiger charge is 2.41. The molecule has 0 bridgehead atoms. The van der Waals surface area contributed by atoms with E-state index in [1.807, 2.05) is 122 Å². The maximum atomic E-state index is 5.27. The van der Waals surface area contributed by atoms with Crippen LogP contribution < -0.4 is 0 Å². The number of nitrogens with zero attached hydrogens (tertiary/aromatic N) is 15. The van der Waals surface area contributed by atoms with E-state index in [4.69, 9.17) is 54.8 Å². The van der Waals surface area contributed by atoms with Gasteiger partial charge in [-0.25, -0.2) is 54.8 Å². The summed E-state index contributed by atoms with van der Waals surface area (Å²) >= 11 is 0. The Morgan fingerprint density at radius 1 is 0.136 bits per heavy atom. The van der Waals surface area contributed by atoms with Gasteiger partial charge in [0.1, 0.15) is 0 Å². The van der Waals surface area contributed by atoms with E-state index in [2.05, 4.69) is 395 Å². The Balaban J connectivity index is 0.000000119. The normalized spacial score (nSPS) is 12.7. The van der Waals surface area contributed by atoms with Crippen LogP contribution in [0.5, 0.6) is 0 Å². The van der Waals surface area contributed by atoms with Crippen LogP contribution in [-0.2, 0) is 16.2 Å². The second kappa shape index (κ2) is 38.5. The van der Waals surface area contributed by atoms with E-state index in [1.54, 1.807) is 12.4 Å². The van der Waals surface area contributed by atoms with E-state index in [1.165, 1.54) is 66.8 Å². The molecule has 147 heavy (non-hydrogen) atoms. The lowest BCUT2D eigenvalue weighted by Crippen LogP contribution is -2.14. The average molecular weight is 1890 g/mol. The van der Waals surface area contributed by atoms with Gasteiger partial charge in [-0.3, -0.25) is 19.9 Å². The largest absolute Gasteiger partial charge is 0.265 e. The van der Waals surface area contributed by atoms with Crippen molar-refractivity contribution in [1.82, 2.24) is 74.8 Å². The first kappa shape index (κ1) is 90.6. The predicted molar refractivity (Wildman–Crippen MR) is 591 cm³/mol. The van der Waals surface area contributed by atoms with Gasteiger partial charge in [-0.15, -0.1) is 0 Å². The van der Waals surface area contributed by atoms with Crippen LogP contribution in [0.4, 0.5) is 0 Å². The van der Waals surface area contributed by atoms with Crippen molar-refractivity contribution in [3.63, 3.8) is 0 Å². The molecule has 0 amide bonds. The number of rotatable bonds is 17. The first-order valence-corrected chi connectivity index (χ1v) is 49.4. The lowest BCUT2D eigenvalue weighted by Gasteiger charge is -2.21. The Morgan fingerprint density at radius 3 is 0.673 bits per heavy atom. The van der Waals surface area contributed by atoms with E-state index >= 15 is 0 Å². The summed E-state index contributed by atoms with van der Waals surface area (Å²) < 4.78 is 0. The fourth-order valence-electron chi connectivity index (χ4n) is 20.9. The molecule has 0 unspecified atom stereocenters. The topological polar surface area (TPSA) is 193 Å². The fourth-order valence-corrected chi connectivity index (χ4v) is 20.9. The quantitative estimate of drug-likeness (QED) is 0.0835. The molecule has 0 aliphatic heterocycles. The van der Waals surface area contributed by atoms with Crippen LogP contribution in [0.2, 0.25) is 0 Å². The van der Waals surface area contributed by atoms with Crippen LogP contribution in [-0.4, -0.2) is 74.8 Å². The van der Waals surface area contributed by atoms with Gasteiger partial charge >= 0.3 is 0 Å². The first-order valence-electron chi connectivity index (χ1n) is 49.4. The van der Waals surface area contributed by atoms with Crippen LogP contribution in [0.15, 0.2) is 468 Å². The molecular weight excluding hydrogens is 1800 g/mol. The zero-order valence-electron chi connectivity index (χ0n) is 81.7. The summed E-state index contributed by atoms with van der Waals surface area (Å²) in [5, 5.41) is 0. The molecule has 0 spiro atoms. The maximum Gasteiger partial charge on any atom is 0.164 e. The van der Waals surface area contributed by atoms with Crippen molar-refractivity contribution in [3.05, 3.63) is 502 Å². The first-order chi connectivity index (χ1) is 72.1. The molecule has 3 aliphatic carbocycles. The average Bonchev–Trinajstić information content (AvgIpc) is 1.57. The molecule has 15 heteroatoms. The molecule has 0 fully saturated rings. The van der Waals surface area contributed by atoms with Crippen molar-refractivity contribution in [2.45, 2.75) is 57.8 Å². The molecule has 14 aromatic carbocycles. The summed E-state index contributed by atoms with van der Waals surface area (Å²) in [5.41, 5.74) is 39.6. The number of aromatic nitrogens is 15. The SMILES string of the molecule is CC1(C)c2ccccc2-c2c(-c3nc(-c4ccc(-c5cccnc5)cc4)nc(-c4ccc(-c5cccnc5)cc4)n3)cccc21.CC1(C)c2ccccc2-c2c(-c3nc(-c4ccc(-c5ccncc5)cc4)nc(-c4ccc(-c5ccncc5)cc4)n3)cccc21.CC1(C)c2ccccc2-c2c(-c3nc(-c4cccc(-c5cccc(-c6ccccc6)n5)c4)nc(-c4cccc(-c5cccc(-c6ccccc6)n5)c4)n3)cccc21. The fraction of sp³-hybridized carbons (Fsp3) is 0.0682. The van der Waals surface area contributed by atoms with Crippen LogP contribution in [0, 0.1) is 0 Å². The third-order valence-corrected chi connectivity index (χ3v) is 28.5. The number of pyridine rings is 6. The van der Waals surface area contributed by atoms with Gasteiger partial charge < -0.3 is 0 Å². The van der Waals surface area contributed by atoms with Crippen LogP contribution >= 0.6 is 0 Å². The predicted octanol–water partition coefficient (Wildman–Crippen LogP) is 31.2. The summed E-state index contributed by atoms with van der Waals surface area (Å²) in [6.45, 7) is 13.8. The van der Waals surface area contributed by atoms with Crippen molar-refractivity contribution in [2.75, 3.05) is 0 Å². The van der Waals surface area contributed by atoms with Gasteiger partial charge in [-0.2, -0.15) is 0 Å². The number of benzene rings is 14. The van der Waals surface area contributed by atoms with Crippen molar-refractivity contribution in [3.8, 4) is 225 Å². The summed E-state index contributed by atoms with van der Waals surface area (Å²) in [7, 11) is 0. The molecule has 0 saturated heterocycles. The molecule has 0 N–H and O–H groups in total. The molecule has 698 valence electrons. The number of hydrogen-bond donors (Lipinski definition) is 0. The van der Waals surface area contributed by atoms with E-state index in [-0.39, 0.29) is 16.2 Å². The van der Waals surface area contributed by atoms with Crippen LogP contribution in [0.3, 0.4) is 0 Å². The molecular formula is C132H95N15. The van der Waals surface area contributed by atoms with Gasteiger partial charge in [-0.1, -0.05) is 387 Å². The molecule has 15 nitrogen and oxygen atoms in total. The Morgan fingerprint density at radius 2 is 0.361 bits per heavy atom. The molecule has 0 saturated carbocycles. The van der Waals surface area contributed by atoms with Crippen molar-refractivity contribution in [2.24, 2.45) is 0 Å². The van der Waals surface area contributed by atoms with E-state index < -0.39 is 0 Å². The van der Waals surface area contributed by atoms with Crippen molar-refractivity contribution >= 4 is 0 Å². The third-order valence-electron chi connectivity index (χ3n) is 28.5. The Bertz CT molecular complexity index is 8220. The third kappa shape index (κ3) is 17.6.